The summed E-state index contributed by atoms with van der Waals surface area (Å²) in [6.45, 7) is 0. The molecule has 14 heavy (non-hydrogen) atoms. The lowest BCUT2D eigenvalue weighted by Crippen LogP contribution is -2.02. The first-order chi connectivity index (χ1) is 6.45. The number of ether oxygens (including phenoxy) is 1. The molecule has 0 aliphatic heterocycles. The second-order valence-electron chi connectivity index (χ2n) is 2.83. The number of sulfone groups is 1. The van der Waals surface area contributed by atoms with Crippen LogP contribution >= 0.6 is 0 Å². The van der Waals surface area contributed by atoms with Crippen LogP contribution in [-0.4, -0.2) is 27.7 Å². The highest BCUT2D eigenvalue weighted by molar-refractivity contribution is 7.90. The zero-order chi connectivity index (χ0) is 10.8. The van der Waals surface area contributed by atoms with E-state index in [0.29, 0.717) is 5.56 Å². The molecule has 1 N–H and O–H groups in total. The standard InChI is InChI=1S/C9H11NO3S/c1-13-9(10)7-3-5-8(6-4-7)14(2,11)12/h3-6,10H,1-2H3. The van der Waals surface area contributed by atoms with Crippen LogP contribution in [0.15, 0.2) is 29.2 Å². The highest BCUT2D eigenvalue weighted by atomic mass is 32.2. The average molecular weight is 213 g/mol. The Balaban J connectivity index is 3.07. The van der Waals surface area contributed by atoms with Crippen molar-refractivity contribution in [3.05, 3.63) is 29.8 Å². The second-order valence-corrected chi connectivity index (χ2v) is 4.85. The third-order valence-corrected chi connectivity index (χ3v) is 2.88. The zero-order valence-electron chi connectivity index (χ0n) is 7.94. The summed E-state index contributed by atoms with van der Waals surface area (Å²) >= 11 is 0. The molecule has 1 aromatic carbocycles. The first-order valence-electron chi connectivity index (χ1n) is 3.88. The number of methoxy groups -OCH3 is 1. The van der Waals surface area contributed by atoms with Gasteiger partial charge in [-0.3, -0.25) is 5.41 Å². The van der Waals surface area contributed by atoms with Gasteiger partial charge in [0, 0.05) is 11.8 Å². The fourth-order valence-electron chi connectivity index (χ4n) is 0.971. The van der Waals surface area contributed by atoms with Gasteiger partial charge in [0.15, 0.2) is 9.84 Å². The topological polar surface area (TPSA) is 67.2 Å². The largest absolute Gasteiger partial charge is 0.481 e. The Kier molecular flexibility index (Phi) is 2.90. The summed E-state index contributed by atoms with van der Waals surface area (Å²) < 4.78 is 26.9. The van der Waals surface area contributed by atoms with Crippen LogP contribution < -0.4 is 0 Å². The molecule has 0 aliphatic carbocycles. The second kappa shape index (κ2) is 3.79. The van der Waals surface area contributed by atoms with E-state index in [1.165, 1.54) is 19.2 Å². The third-order valence-electron chi connectivity index (χ3n) is 1.75. The Bertz CT molecular complexity index is 434. The summed E-state index contributed by atoms with van der Waals surface area (Å²) in [5.41, 5.74) is 0.555. The van der Waals surface area contributed by atoms with Gasteiger partial charge in [0.2, 0.25) is 5.90 Å². The van der Waals surface area contributed by atoms with Gasteiger partial charge < -0.3 is 4.74 Å². The third kappa shape index (κ3) is 2.32. The Hall–Kier alpha value is -1.36. The Morgan fingerprint density at radius 1 is 1.29 bits per heavy atom. The minimum atomic E-state index is -3.16. The normalized spacial score (nSPS) is 11.0. The van der Waals surface area contributed by atoms with Gasteiger partial charge in [-0.15, -0.1) is 0 Å². The van der Waals surface area contributed by atoms with Gasteiger partial charge in [-0.2, -0.15) is 0 Å². The Labute approximate surface area is 83.0 Å². The summed E-state index contributed by atoms with van der Waals surface area (Å²) in [6, 6.07) is 6.00. The maximum absolute atomic E-state index is 11.1. The van der Waals surface area contributed by atoms with Gasteiger partial charge >= 0.3 is 0 Å². The predicted molar refractivity (Wildman–Crippen MR) is 53.4 cm³/mol. The highest BCUT2D eigenvalue weighted by Crippen LogP contribution is 2.10. The molecule has 0 unspecified atom stereocenters. The van der Waals surface area contributed by atoms with Crippen LogP contribution in [0.25, 0.3) is 0 Å². The molecule has 76 valence electrons. The maximum atomic E-state index is 11.1. The summed E-state index contributed by atoms with van der Waals surface area (Å²) in [4.78, 5) is 0.241. The smallest absolute Gasteiger partial charge is 0.212 e. The first kappa shape index (κ1) is 10.7. The first-order valence-corrected chi connectivity index (χ1v) is 5.77. The minimum absolute atomic E-state index is 0.0186. The molecule has 4 nitrogen and oxygen atoms in total. The van der Waals surface area contributed by atoms with E-state index in [9.17, 15) is 8.42 Å². The lowest BCUT2D eigenvalue weighted by molar-refractivity contribution is 0.401. The molecule has 0 radical (unpaired) electrons. The van der Waals surface area contributed by atoms with Gasteiger partial charge in [-0.25, -0.2) is 8.42 Å². The summed E-state index contributed by atoms with van der Waals surface area (Å²) in [7, 11) is -1.77. The molecule has 5 heteroatoms. The van der Waals surface area contributed by atoms with Crippen LogP contribution in [0.1, 0.15) is 5.56 Å². The van der Waals surface area contributed by atoms with Crippen molar-refractivity contribution in [3.63, 3.8) is 0 Å². The number of rotatable bonds is 2. The lowest BCUT2D eigenvalue weighted by Gasteiger charge is -2.02. The fraction of sp³-hybridized carbons (Fsp3) is 0.222. The van der Waals surface area contributed by atoms with Crippen molar-refractivity contribution in [2.45, 2.75) is 4.90 Å². The molecular formula is C9H11NO3S. The molecule has 0 atom stereocenters. The van der Waals surface area contributed by atoms with Crippen LogP contribution in [0.2, 0.25) is 0 Å². The van der Waals surface area contributed by atoms with Crippen LogP contribution in [0.4, 0.5) is 0 Å². The van der Waals surface area contributed by atoms with E-state index in [1.807, 2.05) is 0 Å². The number of nitrogens with one attached hydrogen (secondary N) is 1. The lowest BCUT2D eigenvalue weighted by atomic mass is 10.2. The van der Waals surface area contributed by atoms with Crippen LogP contribution in [-0.2, 0) is 14.6 Å². The van der Waals surface area contributed by atoms with Crippen LogP contribution in [0.5, 0.6) is 0 Å². The molecule has 0 bridgehead atoms. The molecule has 1 rings (SSSR count). The Morgan fingerprint density at radius 3 is 2.14 bits per heavy atom. The van der Waals surface area contributed by atoms with Gasteiger partial charge in [-0.1, -0.05) is 0 Å². The average Bonchev–Trinajstić information content (AvgIpc) is 2.15. The van der Waals surface area contributed by atoms with Gasteiger partial charge in [0.1, 0.15) is 0 Å². The van der Waals surface area contributed by atoms with E-state index in [-0.39, 0.29) is 10.8 Å². The minimum Gasteiger partial charge on any atom is -0.481 e. The van der Waals surface area contributed by atoms with Crippen molar-refractivity contribution in [3.8, 4) is 0 Å². The molecular weight excluding hydrogens is 202 g/mol. The molecule has 0 fully saturated rings. The van der Waals surface area contributed by atoms with E-state index in [4.69, 9.17) is 10.1 Å². The van der Waals surface area contributed by atoms with E-state index in [1.54, 1.807) is 12.1 Å². The summed E-state index contributed by atoms with van der Waals surface area (Å²) in [5.74, 6) is 0.0186. The quantitative estimate of drug-likeness (QED) is 0.590. The number of benzene rings is 1. The summed E-state index contributed by atoms with van der Waals surface area (Å²) in [6.07, 6.45) is 1.14. The Morgan fingerprint density at radius 2 is 1.79 bits per heavy atom. The summed E-state index contributed by atoms with van der Waals surface area (Å²) in [5, 5.41) is 7.33. The van der Waals surface area contributed by atoms with E-state index >= 15 is 0 Å². The molecule has 0 aromatic heterocycles. The van der Waals surface area contributed by atoms with Crippen LogP contribution in [0.3, 0.4) is 0 Å². The zero-order valence-corrected chi connectivity index (χ0v) is 8.76. The molecule has 0 saturated carbocycles. The van der Waals surface area contributed by atoms with Crippen LogP contribution in [0, 0.1) is 5.41 Å². The molecule has 0 aliphatic rings. The van der Waals surface area contributed by atoms with Crippen molar-refractivity contribution < 1.29 is 13.2 Å². The van der Waals surface area contributed by atoms with E-state index in [2.05, 4.69) is 0 Å². The monoisotopic (exact) mass is 213 g/mol. The fourth-order valence-corrected chi connectivity index (χ4v) is 1.60. The van der Waals surface area contributed by atoms with E-state index < -0.39 is 9.84 Å². The molecule has 0 amide bonds. The number of hydrogen-bond donors (Lipinski definition) is 1. The van der Waals surface area contributed by atoms with Crippen molar-refractivity contribution >= 4 is 15.7 Å². The van der Waals surface area contributed by atoms with Crippen molar-refractivity contribution in [2.24, 2.45) is 0 Å². The van der Waals surface area contributed by atoms with Gasteiger partial charge in [0.05, 0.1) is 12.0 Å². The van der Waals surface area contributed by atoms with Crippen molar-refractivity contribution in [2.75, 3.05) is 13.4 Å². The van der Waals surface area contributed by atoms with Gasteiger partial charge in [0.25, 0.3) is 0 Å². The molecule has 0 saturated heterocycles. The van der Waals surface area contributed by atoms with Crippen molar-refractivity contribution in [1.82, 2.24) is 0 Å². The van der Waals surface area contributed by atoms with Crippen molar-refractivity contribution in [1.29, 1.82) is 5.41 Å². The predicted octanol–water partition coefficient (Wildman–Crippen LogP) is 1.06. The molecule has 0 heterocycles. The highest BCUT2D eigenvalue weighted by Gasteiger charge is 2.07. The molecule has 1 aromatic rings. The maximum Gasteiger partial charge on any atom is 0.212 e. The van der Waals surface area contributed by atoms with E-state index in [0.717, 1.165) is 6.26 Å². The molecule has 0 spiro atoms. The van der Waals surface area contributed by atoms with Gasteiger partial charge in [-0.05, 0) is 24.3 Å². The SMILES string of the molecule is COC(=N)c1ccc(S(C)(=O)=O)cc1. The number of hydrogen-bond acceptors (Lipinski definition) is 4.